The molecule has 1 atom stereocenters. The lowest BCUT2D eigenvalue weighted by Crippen LogP contribution is -2.03. The zero-order valence-electron chi connectivity index (χ0n) is 8.22. The molecular weight excluding hydrogens is 172 g/mol. The Kier molecular flexibility index (Phi) is 2.40. The average molecular weight is 186 g/mol. The van der Waals surface area contributed by atoms with E-state index in [9.17, 15) is 5.11 Å². The predicted molar refractivity (Wildman–Crippen MR) is 58.3 cm³/mol. The molecule has 1 aliphatic rings. The van der Waals surface area contributed by atoms with Crippen molar-refractivity contribution in [2.45, 2.75) is 12.8 Å². The van der Waals surface area contributed by atoms with Crippen LogP contribution >= 0.6 is 0 Å². The Labute approximate surface area is 84.4 Å². The molecule has 0 aliphatic heterocycles. The van der Waals surface area contributed by atoms with Crippen LogP contribution in [0.15, 0.2) is 48.6 Å². The summed E-state index contributed by atoms with van der Waals surface area (Å²) in [6.07, 6.45) is 8.44. The van der Waals surface area contributed by atoms with E-state index in [0.29, 0.717) is 17.6 Å². The van der Waals surface area contributed by atoms with Gasteiger partial charge in [-0.3, -0.25) is 0 Å². The SMILES string of the molecule is CC(c1ccccc1O)C1C=CC=C1. The molecule has 0 saturated carbocycles. The summed E-state index contributed by atoms with van der Waals surface area (Å²) in [7, 11) is 0. The van der Waals surface area contributed by atoms with E-state index in [1.165, 1.54) is 0 Å². The van der Waals surface area contributed by atoms with E-state index in [4.69, 9.17) is 0 Å². The van der Waals surface area contributed by atoms with Gasteiger partial charge in [-0.2, -0.15) is 0 Å². The Hall–Kier alpha value is -1.50. The molecule has 1 aromatic rings. The lowest BCUT2D eigenvalue weighted by Gasteiger charge is -2.17. The zero-order valence-corrected chi connectivity index (χ0v) is 8.22. The molecule has 2 rings (SSSR count). The van der Waals surface area contributed by atoms with E-state index < -0.39 is 0 Å². The quantitative estimate of drug-likeness (QED) is 0.751. The van der Waals surface area contributed by atoms with Gasteiger partial charge in [-0.05, 0) is 17.5 Å². The number of hydrogen-bond donors (Lipinski definition) is 1. The highest BCUT2D eigenvalue weighted by molar-refractivity contribution is 5.37. The minimum Gasteiger partial charge on any atom is -0.508 e. The van der Waals surface area contributed by atoms with Crippen molar-refractivity contribution in [1.82, 2.24) is 0 Å². The lowest BCUT2D eigenvalue weighted by molar-refractivity contribution is 0.458. The predicted octanol–water partition coefficient (Wildman–Crippen LogP) is 3.24. The maximum absolute atomic E-state index is 9.69. The van der Waals surface area contributed by atoms with Crippen LogP contribution in [0, 0.1) is 5.92 Å². The minimum absolute atomic E-state index is 0.339. The number of benzene rings is 1. The van der Waals surface area contributed by atoms with E-state index in [-0.39, 0.29) is 0 Å². The van der Waals surface area contributed by atoms with Gasteiger partial charge in [0.1, 0.15) is 5.75 Å². The van der Waals surface area contributed by atoms with Crippen molar-refractivity contribution >= 4 is 0 Å². The van der Waals surface area contributed by atoms with Gasteiger partial charge in [0.15, 0.2) is 0 Å². The summed E-state index contributed by atoms with van der Waals surface area (Å²) >= 11 is 0. The highest BCUT2D eigenvalue weighted by Crippen LogP contribution is 2.33. The number of phenols is 1. The largest absolute Gasteiger partial charge is 0.508 e. The zero-order chi connectivity index (χ0) is 9.97. The van der Waals surface area contributed by atoms with Crippen molar-refractivity contribution in [2.24, 2.45) is 5.92 Å². The number of hydrogen-bond acceptors (Lipinski definition) is 1. The third-order valence-corrected chi connectivity index (χ3v) is 2.78. The van der Waals surface area contributed by atoms with Crippen LogP contribution in [0.3, 0.4) is 0 Å². The van der Waals surface area contributed by atoms with Gasteiger partial charge in [0.25, 0.3) is 0 Å². The maximum Gasteiger partial charge on any atom is 0.119 e. The van der Waals surface area contributed by atoms with Crippen molar-refractivity contribution in [1.29, 1.82) is 0 Å². The molecule has 1 aliphatic carbocycles. The molecule has 0 saturated heterocycles. The number of rotatable bonds is 2. The molecule has 0 amide bonds. The van der Waals surface area contributed by atoms with E-state index >= 15 is 0 Å². The number of allylic oxidation sites excluding steroid dienone is 4. The maximum atomic E-state index is 9.69. The van der Waals surface area contributed by atoms with E-state index in [1.807, 2.05) is 18.2 Å². The first-order valence-electron chi connectivity index (χ1n) is 4.92. The van der Waals surface area contributed by atoms with Gasteiger partial charge in [-0.1, -0.05) is 49.4 Å². The van der Waals surface area contributed by atoms with Crippen LogP contribution in [0.4, 0.5) is 0 Å². The molecule has 0 spiro atoms. The molecule has 0 aromatic heterocycles. The number of phenolic OH excluding ortho intramolecular Hbond substituents is 1. The fourth-order valence-corrected chi connectivity index (χ4v) is 1.86. The Morgan fingerprint density at radius 2 is 1.79 bits per heavy atom. The van der Waals surface area contributed by atoms with Gasteiger partial charge in [-0.15, -0.1) is 0 Å². The topological polar surface area (TPSA) is 20.2 Å². The molecule has 1 heteroatoms. The Balaban J connectivity index is 2.26. The first kappa shape index (κ1) is 9.07. The number of aromatic hydroxyl groups is 1. The van der Waals surface area contributed by atoms with Crippen LogP contribution < -0.4 is 0 Å². The molecule has 72 valence electrons. The second-order valence-corrected chi connectivity index (χ2v) is 3.69. The molecule has 1 aromatic carbocycles. The van der Waals surface area contributed by atoms with Gasteiger partial charge >= 0.3 is 0 Å². The summed E-state index contributed by atoms with van der Waals surface area (Å²) in [6.45, 7) is 2.14. The summed E-state index contributed by atoms with van der Waals surface area (Å²) in [4.78, 5) is 0. The summed E-state index contributed by atoms with van der Waals surface area (Å²) < 4.78 is 0. The standard InChI is InChI=1S/C13H14O/c1-10(11-6-2-3-7-11)12-8-4-5-9-13(12)14/h2-11,14H,1H3. The van der Waals surface area contributed by atoms with Crippen LogP contribution in [-0.2, 0) is 0 Å². The van der Waals surface area contributed by atoms with Crippen molar-refractivity contribution < 1.29 is 5.11 Å². The lowest BCUT2D eigenvalue weighted by atomic mass is 9.88. The molecule has 0 heterocycles. The molecule has 0 bridgehead atoms. The molecule has 0 radical (unpaired) electrons. The monoisotopic (exact) mass is 186 g/mol. The fraction of sp³-hybridized carbons (Fsp3) is 0.231. The van der Waals surface area contributed by atoms with Gasteiger partial charge in [0, 0.05) is 5.92 Å². The van der Waals surface area contributed by atoms with Crippen LogP contribution in [0.1, 0.15) is 18.4 Å². The van der Waals surface area contributed by atoms with Crippen molar-refractivity contribution in [3.05, 3.63) is 54.1 Å². The van der Waals surface area contributed by atoms with Crippen LogP contribution in [-0.4, -0.2) is 5.11 Å². The highest BCUT2D eigenvalue weighted by Gasteiger charge is 2.17. The summed E-state index contributed by atoms with van der Waals surface area (Å²) in [5, 5.41) is 9.69. The van der Waals surface area contributed by atoms with Crippen LogP contribution in [0.2, 0.25) is 0 Å². The molecule has 1 unspecified atom stereocenters. The van der Waals surface area contributed by atoms with E-state index in [2.05, 4.69) is 31.2 Å². The van der Waals surface area contributed by atoms with Crippen molar-refractivity contribution in [2.75, 3.05) is 0 Å². The van der Waals surface area contributed by atoms with Gasteiger partial charge in [0.05, 0.1) is 0 Å². The Morgan fingerprint density at radius 3 is 2.43 bits per heavy atom. The Bertz CT molecular complexity index is 365. The first-order valence-corrected chi connectivity index (χ1v) is 4.92. The van der Waals surface area contributed by atoms with Gasteiger partial charge < -0.3 is 5.11 Å². The molecular formula is C13H14O. The van der Waals surface area contributed by atoms with Gasteiger partial charge in [-0.25, -0.2) is 0 Å². The Morgan fingerprint density at radius 1 is 1.14 bits per heavy atom. The van der Waals surface area contributed by atoms with E-state index in [1.54, 1.807) is 6.07 Å². The van der Waals surface area contributed by atoms with Crippen LogP contribution in [0.25, 0.3) is 0 Å². The fourth-order valence-electron chi connectivity index (χ4n) is 1.86. The summed E-state index contributed by atoms with van der Waals surface area (Å²) in [5.41, 5.74) is 1.02. The summed E-state index contributed by atoms with van der Waals surface area (Å²) in [6, 6.07) is 7.55. The third kappa shape index (κ3) is 1.58. The second-order valence-electron chi connectivity index (χ2n) is 3.69. The molecule has 1 nitrogen and oxygen atoms in total. The molecule has 1 N–H and O–H groups in total. The molecule has 0 fully saturated rings. The number of para-hydroxylation sites is 1. The normalized spacial score (nSPS) is 17.5. The second kappa shape index (κ2) is 3.70. The highest BCUT2D eigenvalue weighted by atomic mass is 16.3. The van der Waals surface area contributed by atoms with Crippen LogP contribution in [0.5, 0.6) is 5.75 Å². The smallest absolute Gasteiger partial charge is 0.119 e. The third-order valence-electron chi connectivity index (χ3n) is 2.78. The minimum atomic E-state index is 0.339. The molecule has 14 heavy (non-hydrogen) atoms. The van der Waals surface area contributed by atoms with E-state index in [0.717, 1.165) is 5.56 Å². The summed E-state index contributed by atoms with van der Waals surface area (Å²) in [5.74, 6) is 1.16. The average Bonchev–Trinajstić information content (AvgIpc) is 2.70. The van der Waals surface area contributed by atoms with Crippen molar-refractivity contribution in [3.8, 4) is 5.75 Å². The van der Waals surface area contributed by atoms with Crippen molar-refractivity contribution in [3.63, 3.8) is 0 Å². The van der Waals surface area contributed by atoms with Gasteiger partial charge in [0.2, 0.25) is 0 Å². The first-order chi connectivity index (χ1) is 6.79.